The van der Waals surface area contributed by atoms with E-state index in [1.165, 1.54) is 19.2 Å². The minimum absolute atomic E-state index is 0.0564. The van der Waals surface area contributed by atoms with Crippen molar-refractivity contribution in [3.8, 4) is 17.2 Å². The number of thioether (sulfide) groups is 1. The highest BCUT2D eigenvalue weighted by Gasteiger charge is 2.31. The smallest absolute Gasteiger partial charge is 0.336 e. The van der Waals surface area contributed by atoms with Crippen molar-refractivity contribution in [2.24, 2.45) is 0 Å². The van der Waals surface area contributed by atoms with Gasteiger partial charge in [0.15, 0.2) is 17.7 Å². The van der Waals surface area contributed by atoms with Gasteiger partial charge in [0.05, 0.1) is 19.0 Å². The summed E-state index contributed by atoms with van der Waals surface area (Å²) < 4.78 is 30.2. The molecule has 3 rings (SSSR count). The third-order valence-electron chi connectivity index (χ3n) is 4.54. The first-order valence-electron chi connectivity index (χ1n) is 9.90. The Morgan fingerprint density at radius 3 is 2.50 bits per heavy atom. The Labute approximate surface area is 190 Å². The number of aliphatic hydroxyl groups excluding tert-OH is 1. The molecule has 0 aliphatic carbocycles. The molecule has 3 aromatic rings. The third-order valence-corrected chi connectivity index (χ3v) is 5.93. The fraction of sp³-hybridized carbons (Fsp3) is 0.208. The van der Waals surface area contributed by atoms with Gasteiger partial charge in [-0.05, 0) is 55.0 Å². The van der Waals surface area contributed by atoms with Crippen molar-refractivity contribution in [1.82, 2.24) is 0 Å². The van der Waals surface area contributed by atoms with Gasteiger partial charge in [-0.1, -0.05) is 24.3 Å². The van der Waals surface area contributed by atoms with Crippen LogP contribution in [0.3, 0.4) is 0 Å². The molecule has 32 heavy (non-hydrogen) atoms. The number of anilines is 1. The molecule has 0 bridgehead atoms. The molecule has 2 unspecified atom stereocenters. The minimum atomic E-state index is -1.55. The number of rotatable bonds is 9. The molecule has 3 aromatic carbocycles. The quantitative estimate of drug-likeness (QED) is 0.266. The second-order valence-corrected chi connectivity index (χ2v) is 7.93. The Balaban J connectivity index is 1.94. The topological polar surface area (TPSA) is 91.0 Å². The molecule has 0 fully saturated rings. The maximum absolute atomic E-state index is 14.4. The van der Waals surface area contributed by atoms with Gasteiger partial charge in [-0.3, -0.25) is 0 Å². The fourth-order valence-electron chi connectivity index (χ4n) is 2.97. The first-order valence-corrected chi connectivity index (χ1v) is 10.8. The highest BCUT2D eigenvalue weighted by molar-refractivity contribution is 7.99. The second-order valence-electron chi connectivity index (χ2n) is 6.74. The van der Waals surface area contributed by atoms with Crippen molar-refractivity contribution in [2.45, 2.75) is 23.2 Å². The predicted molar refractivity (Wildman–Crippen MR) is 122 cm³/mol. The van der Waals surface area contributed by atoms with Crippen LogP contribution < -0.4 is 15.2 Å². The molecule has 0 aliphatic heterocycles. The van der Waals surface area contributed by atoms with E-state index >= 15 is 0 Å². The van der Waals surface area contributed by atoms with Crippen LogP contribution in [0.25, 0.3) is 0 Å². The van der Waals surface area contributed by atoms with Gasteiger partial charge in [0.25, 0.3) is 0 Å². The van der Waals surface area contributed by atoms with Gasteiger partial charge in [0.2, 0.25) is 0 Å². The van der Waals surface area contributed by atoms with Crippen molar-refractivity contribution in [1.29, 1.82) is 0 Å². The molecular weight excluding hydrogens is 433 g/mol. The Bertz CT molecular complexity index is 1060. The Morgan fingerprint density at radius 1 is 1.09 bits per heavy atom. The molecule has 0 heterocycles. The summed E-state index contributed by atoms with van der Waals surface area (Å²) in [4.78, 5) is 12.8. The van der Waals surface area contributed by atoms with Crippen LogP contribution in [0.4, 0.5) is 10.1 Å². The molecule has 8 heteroatoms. The molecule has 6 nitrogen and oxygen atoms in total. The normalized spacial score (nSPS) is 12.6. The number of esters is 1. The molecule has 2 atom stereocenters. The lowest BCUT2D eigenvalue weighted by atomic mass is 10.1. The summed E-state index contributed by atoms with van der Waals surface area (Å²) in [6.07, 6.45) is -1.55. The highest BCUT2D eigenvalue weighted by Crippen LogP contribution is 2.43. The zero-order chi connectivity index (χ0) is 23.1. The van der Waals surface area contributed by atoms with Gasteiger partial charge in [0, 0.05) is 10.6 Å². The molecule has 0 saturated heterocycles. The van der Waals surface area contributed by atoms with Crippen LogP contribution in [0.1, 0.15) is 17.7 Å². The van der Waals surface area contributed by atoms with E-state index in [1.54, 1.807) is 31.2 Å². The number of hydrogen-bond acceptors (Lipinski definition) is 7. The maximum Gasteiger partial charge on any atom is 0.336 e. The molecule has 0 saturated carbocycles. The zero-order valence-corrected chi connectivity index (χ0v) is 18.5. The van der Waals surface area contributed by atoms with Gasteiger partial charge >= 0.3 is 5.97 Å². The van der Waals surface area contributed by atoms with Crippen molar-refractivity contribution < 1.29 is 28.5 Å². The summed E-state index contributed by atoms with van der Waals surface area (Å²) in [7, 11) is 1.36. The molecule has 0 radical (unpaired) electrons. The number of aliphatic hydroxyl groups is 1. The number of halogens is 1. The number of nitrogens with two attached hydrogens (primary N) is 1. The largest absolute Gasteiger partial charge is 0.494 e. The Kier molecular flexibility index (Phi) is 7.97. The summed E-state index contributed by atoms with van der Waals surface area (Å²) in [6, 6.07) is 18.6. The zero-order valence-electron chi connectivity index (χ0n) is 17.7. The van der Waals surface area contributed by atoms with E-state index in [1.807, 2.05) is 30.3 Å². The van der Waals surface area contributed by atoms with Crippen molar-refractivity contribution >= 4 is 23.4 Å². The monoisotopic (exact) mass is 457 g/mol. The summed E-state index contributed by atoms with van der Waals surface area (Å²) in [5, 5.41) is 9.83. The van der Waals surface area contributed by atoms with Crippen LogP contribution in [0.15, 0.2) is 71.6 Å². The first-order chi connectivity index (χ1) is 15.4. The molecule has 3 N–H and O–H groups in total. The molecule has 0 spiro atoms. The number of methoxy groups -OCH3 is 1. The lowest BCUT2D eigenvalue weighted by Crippen LogP contribution is -2.28. The summed E-state index contributed by atoms with van der Waals surface area (Å²) in [5.41, 5.74) is 6.95. The average Bonchev–Trinajstić information content (AvgIpc) is 2.79. The predicted octanol–water partition coefficient (Wildman–Crippen LogP) is 4.97. The number of hydrogen-bond donors (Lipinski definition) is 2. The van der Waals surface area contributed by atoms with Crippen molar-refractivity contribution in [3.05, 3.63) is 78.1 Å². The van der Waals surface area contributed by atoms with Crippen LogP contribution in [0.5, 0.6) is 17.2 Å². The van der Waals surface area contributed by atoms with Gasteiger partial charge < -0.3 is 25.1 Å². The summed E-state index contributed by atoms with van der Waals surface area (Å²) in [5.74, 6) is -0.190. The number of ether oxygens (including phenoxy) is 3. The van der Waals surface area contributed by atoms with Crippen molar-refractivity contribution in [3.63, 3.8) is 0 Å². The van der Waals surface area contributed by atoms with E-state index in [0.717, 1.165) is 11.8 Å². The molecule has 0 aliphatic rings. The number of carbonyl (C=O) groups is 1. The standard InChI is InChI=1S/C24H24FNO5S/c1-3-30-24(28)22(27)23(15-9-12-20(29-2)18(25)13-15)32-21-14-17(10-11-19(21)26)31-16-7-5-4-6-8-16/h4-14,22-23,27H,3,26H2,1-2H3. The van der Waals surface area contributed by atoms with Gasteiger partial charge in [-0.25, -0.2) is 9.18 Å². The van der Waals surface area contributed by atoms with E-state index in [9.17, 15) is 14.3 Å². The number of nitrogen functional groups attached to an aromatic ring is 1. The SMILES string of the molecule is CCOC(=O)C(O)C(Sc1cc(Oc2ccccc2)ccc1N)c1ccc(OC)c(F)c1. The van der Waals surface area contributed by atoms with Crippen LogP contribution in [0, 0.1) is 5.82 Å². The van der Waals surface area contributed by atoms with E-state index in [4.69, 9.17) is 19.9 Å². The van der Waals surface area contributed by atoms with E-state index in [-0.39, 0.29) is 12.4 Å². The first kappa shape index (κ1) is 23.4. The Hall–Kier alpha value is -3.23. The van der Waals surface area contributed by atoms with Gasteiger partial charge in [0.1, 0.15) is 11.5 Å². The van der Waals surface area contributed by atoms with Crippen LogP contribution >= 0.6 is 11.8 Å². The minimum Gasteiger partial charge on any atom is -0.494 e. The van der Waals surface area contributed by atoms with Crippen LogP contribution in [-0.2, 0) is 9.53 Å². The number of carbonyl (C=O) groups excluding carboxylic acids is 1. The molecule has 0 aromatic heterocycles. The third kappa shape index (κ3) is 5.72. The fourth-order valence-corrected chi connectivity index (χ4v) is 4.15. The lowest BCUT2D eigenvalue weighted by molar-refractivity contribution is -0.153. The van der Waals surface area contributed by atoms with Crippen LogP contribution in [0.2, 0.25) is 0 Å². The highest BCUT2D eigenvalue weighted by atomic mass is 32.2. The Morgan fingerprint density at radius 2 is 1.84 bits per heavy atom. The van der Waals surface area contributed by atoms with E-state index < -0.39 is 23.1 Å². The summed E-state index contributed by atoms with van der Waals surface area (Å²) >= 11 is 1.11. The van der Waals surface area contributed by atoms with Gasteiger partial charge in [-0.15, -0.1) is 11.8 Å². The van der Waals surface area contributed by atoms with E-state index in [2.05, 4.69) is 0 Å². The van der Waals surface area contributed by atoms with E-state index in [0.29, 0.717) is 27.6 Å². The van der Waals surface area contributed by atoms with Crippen LogP contribution in [-0.4, -0.2) is 30.9 Å². The number of benzene rings is 3. The maximum atomic E-state index is 14.4. The molecule has 0 amide bonds. The molecule has 168 valence electrons. The summed E-state index contributed by atoms with van der Waals surface area (Å²) in [6.45, 7) is 1.75. The molecular formula is C24H24FNO5S. The lowest BCUT2D eigenvalue weighted by Gasteiger charge is -2.23. The number of para-hydroxylation sites is 1. The van der Waals surface area contributed by atoms with Gasteiger partial charge in [-0.2, -0.15) is 0 Å². The second kappa shape index (κ2) is 10.9. The van der Waals surface area contributed by atoms with Crippen molar-refractivity contribution in [2.75, 3.05) is 19.5 Å². The average molecular weight is 458 g/mol.